The summed E-state index contributed by atoms with van der Waals surface area (Å²) in [5.74, 6) is 1.93. The first-order chi connectivity index (χ1) is 16.8. The van der Waals surface area contributed by atoms with Gasteiger partial charge >= 0.3 is 0 Å². The number of pyridine rings is 1. The summed E-state index contributed by atoms with van der Waals surface area (Å²) in [5.41, 5.74) is 1.68. The molecule has 8 heteroatoms. The predicted octanol–water partition coefficient (Wildman–Crippen LogP) is 6.56. The van der Waals surface area contributed by atoms with Crippen molar-refractivity contribution in [2.24, 2.45) is 0 Å². The zero-order chi connectivity index (χ0) is 23.2. The van der Waals surface area contributed by atoms with Crippen molar-refractivity contribution in [1.82, 2.24) is 15.3 Å². The van der Waals surface area contributed by atoms with E-state index in [0.29, 0.717) is 11.5 Å². The molecule has 2 aromatic carbocycles. The molecule has 0 atom stereocenters. The van der Waals surface area contributed by atoms with Crippen molar-refractivity contribution in [3.63, 3.8) is 0 Å². The number of thiazole rings is 1. The van der Waals surface area contributed by atoms with E-state index in [-0.39, 0.29) is 0 Å². The van der Waals surface area contributed by atoms with E-state index in [1.807, 2.05) is 72.9 Å². The highest BCUT2D eigenvalue weighted by Crippen LogP contribution is 2.42. The predicted molar refractivity (Wildman–Crippen MR) is 136 cm³/mol. The van der Waals surface area contributed by atoms with Gasteiger partial charge in [0, 0.05) is 21.9 Å². The van der Waals surface area contributed by atoms with E-state index in [2.05, 4.69) is 21.7 Å². The van der Waals surface area contributed by atoms with Crippen molar-refractivity contribution >= 4 is 34.0 Å². The van der Waals surface area contributed by atoms with Gasteiger partial charge in [0.25, 0.3) is 0 Å². The Morgan fingerprint density at radius 1 is 1.00 bits per heavy atom. The van der Waals surface area contributed by atoms with Crippen LogP contribution in [0.25, 0.3) is 0 Å². The van der Waals surface area contributed by atoms with Crippen LogP contribution in [0.3, 0.4) is 0 Å². The van der Waals surface area contributed by atoms with Gasteiger partial charge in [-0.25, -0.2) is 9.97 Å². The van der Waals surface area contributed by atoms with Crippen molar-refractivity contribution < 1.29 is 4.74 Å². The maximum absolute atomic E-state index is 8.95. The van der Waals surface area contributed by atoms with E-state index >= 15 is 0 Å². The molecular weight excluding hydrogens is 462 g/mol. The quantitative estimate of drug-likeness (QED) is 0.306. The Hall–Kier alpha value is -3.38. The fourth-order valence-corrected chi connectivity index (χ4v) is 5.47. The number of rotatable bonds is 7. The number of nitrogens with one attached hydrogen (secondary N) is 2. The lowest BCUT2D eigenvalue weighted by atomic mass is 9.95. The third kappa shape index (κ3) is 5.57. The van der Waals surface area contributed by atoms with Crippen LogP contribution in [0.5, 0.6) is 10.8 Å². The van der Waals surface area contributed by atoms with Gasteiger partial charge in [-0.05, 0) is 74.5 Å². The third-order valence-electron chi connectivity index (χ3n) is 5.49. The second-order valence-corrected chi connectivity index (χ2v) is 9.98. The van der Waals surface area contributed by atoms with E-state index < -0.39 is 0 Å². The highest BCUT2D eigenvalue weighted by atomic mass is 32.2. The maximum atomic E-state index is 8.95. The lowest BCUT2D eigenvalue weighted by Crippen LogP contribution is -2.26. The molecule has 170 valence electrons. The van der Waals surface area contributed by atoms with Crippen LogP contribution in [0.2, 0.25) is 0 Å². The minimum atomic E-state index is 0.380. The Bertz CT molecular complexity index is 1260. The van der Waals surface area contributed by atoms with Crippen LogP contribution in [0, 0.1) is 11.3 Å². The number of nitrogens with zero attached hydrogens (tertiary/aromatic N) is 3. The summed E-state index contributed by atoms with van der Waals surface area (Å²) in [5, 5.41) is 17.3. The minimum Gasteiger partial charge on any atom is -0.445 e. The molecular formula is C26H23N5OS2. The molecule has 0 unspecified atom stereocenters. The molecule has 1 saturated heterocycles. The first-order valence-corrected chi connectivity index (χ1v) is 12.8. The Labute approximate surface area is 207 Å². The summed E-state index contributed by atoms with van der Waals surface area (Å²) in [4.78, 5) is 11.6. The third-order valence-corrected chi connectivity index (χ3v) is 7.34. The van der Waals surface area contributed by atoms with Crippen LogP contribution in [-0.4, -0.2) is 23.1 Å². The lowest BCUT2D eigenvalue weighted by Gasteiger charge is -2.21. The number of hydrogen-bond acceptors (Lipinski definition) is 8. The molecule has 0 saturated carbocycles. The smallest absolute Gasteiger partial charge is 0.206 e. The number of nitriles is 1. The SMILES string of the molecule is N#Cc1ccc(Sc2ccc(Nc3nc(C4CCNCC4)c(Oc4ccccc4)s3)nc2)cc1. The van der Waals surface area contributed by atoms with Crippen molar-refractivity contribution in [1.29, 1.82) is 5.26 Å². The van der Waals surface area contributed by atoms with Crippen molar-refractivity contribution in [3.05, 3.63) is 84.2 Å². The van der Waals surface area contributed by atoms with E-state index in [0.717, 1.165) is 63.2 Å². The molecule has 6 nitrogen and oxygen atoms in total. The lowest BCUT2D eigenvalue weighted by molar-refractivity contribution is 0.430. The minimum absolute atomic E-state index is 0.380. The summed E-state index contributed by atoms with van der Waals surface area (Å²) in [7, 11) is 0. The number of hydrogen-bond donors (Lipinski definition) is 2. The van der Waals surface area contributed by atoms with Crippen molar-refractivity contribution in [3.8, 4) is 16.9 Å². The van der Waals surface area contributed by atoms with Gasteiger partial charge in [-0.2, -0.15) is 5.26 Å². The molecule has 3 heterocycles. The average Bonchev–Trinajstić information content (AvgIpc) is 3.28. The number of anilines is 2. The van der Waals surface area contributed by atoms with Crippen LogP contribution in [0.4, 0.5) is 10.9 Å². The number of ether oxygens (including phenoxy) is 1. The van der Waals surface area contributed by atoms with Gasteiger partial charge in [0.15, 0.2) is 5.13 Å². The second kappa shape index (κ2) is 10.7. The van der Waals surface area contributed by atoms with Gasteiger partial charge in [-0.15, -0.1) is 0 Å². The molecule has 2 N–H and O–H groups in total. The number of aromatic nitrogens is 2. The average molecular weight is 486 g/mol. The van der Waals surface area contributed by atoms with E-state index in [1.54, 1.807) is 11.8 Å². The van der Waals surface area contributed by atoms with Gasteiger partial charge in [0.1, 0.15) is 17.3 Å². The molecule has 2 aromatic heterocycles. The Morgan fingerprint density at radius 2 is 1.76 bits per heavy atom. The Balaban J connectivity index is 1.31. The normalized spacial score (nSPS) is 13.9. The molecule has 0 radical (unpaired) electrons. The summed E-state index contributed by atoms with van der Waals surface area (Å²) < 4.78 is 6.23. The molecule has 4 aromatic rings. The van der Waals surface area contributed by atoms with Gasteiger partial charge < -0.3 is 15.4 Å². The van der Waals surface area contributed by atoms with Crippen LogP contribution in [0.15, 0.2) is 82.7 Å². The van der Waals surface area contributed by atoms with Crippen LogP contribution >= 0.6 is 23.1 Å². The van der Waals surface area contributed by atoms with E-state index in [9.17, 15) is 0 Å². The van der Waals surface area contributed by atoms with Crippen LogP contribution in [0.1, 0.15) is 30.0 Å². The van der Waals surface area contributed by atoms with E-state index in [1.165, 1.54) is 11.3 Å². The molecule has 0 bridgehead atoms. The van der Waals surface area contributed by atoms with Gasteiger partial charge in [0.05, 0.1) is 11.6 Å². The first kappa shape index (κ1) is 22.4. The molecule has 5 rings (SSSR count). The Kier molecular flexibility index (Phi) is 7.05. The highest BCUT2D eigenvalue weighted by molar-refractivity contribution is 7.99. The highest BCUT2D eigenvalue weighted by Gasteiger charge is 2.24. The standard InChI is InChI=1S/C26H23N5OS2/c27-16-18-6-8-21(9-7-18)33-22-10-11-23(29-17-22)30-26-31-24(19-12-14-28-15-13-19)25(34-26)32-20-4-2-1-3-5-20/h1-11,17,19,28H,12-15H2,(H,29,30,31). The molecule has 0 aliphatic carbocycles. The molecule has 0 spiro atoms. The van der Waals surface area contributed by atoms with Gasteiger partial charge in [-0.3, -0.25) is 0 Å². The van der Waals surface area contributed by atoms with Gasteiger partial charge in [-0.1, -0.05) is 41.3 Å². The fraction of sp³-hybridized carbons (Fsp3) is 0.192. The molecule has 1 fully saturated rings. The summed E-state index contributed by atoms with van der Waals surface area (Å²) in [6, 6.07) is 23.5. The molecule has 1 aliphatic heterocycles. The number of para-hydroxylation sites is 1. The maximum Gasteiger partial charge on any atom is 0.206 e. The topological polar surface area (TPSA) is 82.9 Å². The summed E-state index contributed by atoms with van der Waals surface area (Å²) in [6.45, 7) is 1.99. The van der Waals surface area contributed by atoms with Crippen molar-refractivity contribution in [2.75, 3.05) is 18.4 Å². The zero-order valence-electron chi connectivity index (χ0n) is 18.4. The van der Waals surface area contributed by atoms with Crippen LogP contribution in [-0.2, 0) is 0 Å². The number of piperidine rings is 1. The molecule has 34 heavy (non-hydrogen) atoms. The van der Waals surface area contributed by atoms with E-state index in [4.69, 9.17) is 15.0 Å². The Morgan fingerprint density at radius 3 is 2.47 bits per heavy atom. The molecule has 0 amide bonds. The summed E-state index contributed by atoms with van der Waals surface area (Å²) in [6.07, 6.45) is 3.94. The monoisotopic (exact) mass is 485 g/mol. The molecule has 1 aliphatic rings. The summed E-state index contributed by atoms with van der Waals surface area (Å²) >= 11 is 3.13. The second-order valence-electron chi connectivity index (χ2n) is 7.87. The largest absolute Gasteiger partial charge is 0.445 e. The van der Waals surface area contributed by atoms with Crippen LogP contribution < -0.4 is 15.4 Å². The van der Waals surface area contributed by atoms with Crippen molar-refractivity contribution in [2.45, 2.75) is 28.6 Å². The first-order valence-electron chi connectivity index (χ1n) is 11.1. The van der Waals surface area contributed by atoms with Gasteiger partial charge in [0.2, 0.25) is 5.06 Å². The zero-order valence-corrected chi connectivity index (χ0v) is 20.0. The fourth-order valence-electron chi connectivity index (χ4n) is 3.75. The number of benzene rings is 2.